The van der Waals surface area contributed by atoms with Crippen LogP contribution in [-0.4, -0.2) is 22.6 Å². The number of carbonyl (C=O) groups is 1. The van der Waals surface area contributed by atoms with E-state index in [1.807, 2.05) is 84.9 Å². The quantitative estimate of drug-likeness (QED) is 0.113. The van der Waals surface area contributed by atoms with Gasteiger partial charge in [-0.15, -0.1) is 0 Å². The zero-order valence-corrected chi connectivity index (χ0v) is 36.4. The Kier molecular flexibility index (Phi) is 9.29. The smallest absolute Gasteiger partial charge is 0.340 e. The highest BCUT2D eigenvalue weighted by Crippen LogP contribution is 2.57. The van der Waals surface area contributed by atoms with Crippen LogP contribution >= 0.6 is 0 Å². The van der Waals surface area contributed by atoms with Gasteiger partial charge in [-0.3, -0.25) is 0 Å². The molecule has 9 rings (SSSR count). The minimum atomic E-state index is -2.99. The molecule has 0 aromatic heterocycles. The van der Waals surface area contributed by atoms with Gasteiger partial charge >= 0.3 is 22.6 Å². The molecule has 0 unspecified atom stereocenters. The Balaban J connectivity index is 1.22. The number of carbonyl (C=O) groups excluding carboxylic acids is 1. The van der Waals surface area contributed by atoms with Crippen molar-refractivity contribution in [2.24, 2.45) is 0 Å². The molecule has 294 valence electrons. The fourth-order valence-corrected chi connectivity index (χ4v) is 18.2. The van der Waals surface area contributed by atoms with E-state index < -0.39 is 22.2 Å². The fraction of sp³-hybridized carbons (Fsp3) is 0.173. The highest BCUT2D eigenvalue weighted by Gasteiger charge is 2.56. The number of esters is 1. The van der Waals surface area contributed by atoms with Gasteiger partial charge in [0.25, 0.3) is 0 Å². The molecule has 2 aliphatic heterocycles. The lowest BCUT2D eigenvalue weighted by Gasteiger charge is -2.43. The lowest BCUT2D eigenvalue weighted by molar-refractivity contribution is 0.0224. The van der Waals surface area contributed by atoms with Gasteiger partial charge in [0.05, 0.1) is 5.56 Å². The maximum absolute atomic E-state index is 13.8. The summed E-state index contributed by atoms with van der Waals surface area (Å²) in [5.74, 6) is 2.09. The van der Waals surface area contributed by atoms with E-state index in [9.17, 15) is 4.79 Å². The third-order valence-electron chi connectivity index (χ3n) is 12.0. The van der Waals surface area contributed by atoms with Gasteiger partial charge in [-0.05, 0) is 61.2 Å². The Labute approximate surface area is 349 Å². The summed E-state index contributed by atoms with van der Waals surface area (Å²) < 4.78 is 28.6. The molecule has 0 amide bonds. The van der Waals surface area contributed by atoms with Crippen LogP contribution in [0, 0.1) is 0 Å². The number of fused-ring (bicyclic) bond motifs is 6. The van der Waals surface area contributed by atoms with Gasteiger partial charge in [-0.2, -0.15) is 0 Å². The first-order chi connectivity index (χ1) is 28.4. The summed E-state index contributed by atoms with van der Waals surface area (Å²) >= 11 is 0. The summed E-state index contributed by atoms with van der Waals surface area (Å²) in [6.45, 7) is 13.6. The third-order valence-corrected chi connectivity index (χ3v) is 21.9. The van der Waals surface area contributed by atoms with Crippen LogP contribution in [0.25, 0.3) is 0 Å². The molecule has 0 saturated heterocycles. The monoisotopic (exact) mass is 808 g/mol. The normalized spacial score (nSPS) is 14.4. The molecule has 7 aromatic rings. The highest BCUT2D eigenvalue weighted by molar-refractivity contribution is 7.00. The number of benzene rings is 7. The first-order valence-electron chi connectivity index (χ1n) is 20.3. The average molecular weight is 809 g/mol. The summed E-state index contributed by atoms with van der Waals surface area (Å²) in [6, 6.07) is 62.0. The molecule has 0 N–H and O–H groups in total. The van der Waals surface area contributed by atoms with Crippen LogP contribution in [-0.2, 0) is 10.3 Å². The van der Waals surface area contributed by atoms with Crippen LogP contribution in [0.15, 0.2) is 182 Å². The van der Waals surface area contributed by atoms with E-state index >= 15 is 0 Å². The summed E-state index contributed by atoms with van der Waals surface area (Å²) in [5, 5.41) is 4.16. The van der Waals surface area contributed by atoms with E-state index in [4.69, 9.17) is 18.3 Å². The van der Waals surface area contributed by atoms with Gasteiger partial charge in [0.2, 0.25) is 0 Å². The number of rotatable bonds is 8. The summed E-state index contributed by atoms with van der Waals surface area (Å²) in [4.78, 5) is 13.8. The zero-order valence-electron chi connectivity index (χ0n) is 34.4. The van der Waals surface area contributed by atoms with Gasteiger partial charge < -0.3 is 18.3 Å². The van der Waals surface area contributed by atoms with Crippen molar-refractivity contribution in [1.29, 1.82) is 0 Å². The average Bonchev–Trinajstić information content (AvgIpc) is 3.54. The van der Waals surface area contributed by atoms with Crippen molar-refractivity contribution in [2.45, 2.75) is 57.2 Å². The third kappa shape index (κ3) is 6.06. The van der Waals surface area contributed by atoms with E-state index in [1.54, 1.807) is 0 Å². The fourth-order valence-electron chi connectivity index (χ4n) is 9.42. The molecule has 0 aliphatic carbocycles. The molecule has 0 fully saturated rings. The number of hydrogen-bond donors (Lipinski definition) is 0. The van der Waals surface area contributed by atoms with E-state index in [2.05, 4.69) is 139 Å². The molecule has 2 heterocycles. The van der Waals surface area contributed by atoms with Crippen LogP contribution in [0.5, 0.6) is 23.0 Å². The summed E-state index contributed by atoms with van der Waals surface area (Å²) in [5.41, 5.74) is 1.53. The van der Waals surface area contributed by atoms with E-state index in [0.29, 0.717) is 28.6 Å². The summed E-state index contributed by atoms with van der Waals surface area (Å²) in [7, 11) is -5.98. The van der Waals surface area contributed by atoms with E-state index in [1.165, 1.54) is 20.7 Å². The standard InChI is InChI=1S/C52H48O5Si2/c1-50(2,3)58(39-21-11-7-12-22-39,40-23-13-8-14-24-40)56-37-31-33-45-47(35-37)54-48-36-38(32-34-46(48)52(45)44-30-20-19-29-43(44)49(53)55-52)57-59(51(4,5)6,41-25-15-9-16-26-41)42-27-17-10-18-28-42/h7-36H,1-6H3. The Morgan fingerprint density at radius 1 is 0.441 bits per heavy atom. The van der Waals surface area contributed by atoms with Crippen molar-refractivity contribution in [3.05, 3.63) is 204 Å². The molecule has 0 saturated carbocycles. The first kappa shape index (κ1) is 38.4. The topological polar surface area (TPSA) is 54.0 Å². The molecule has 7 heteroatoms. The van der Waals surface area contributed by atoms with Crippen molar-refractivity contribution in [1.82, 2.24) is 0 Å². The van der Waals surface area contributed by atoms with Gasteiger partial charge in [0.15, 0.2) is 5.60 Å². The predicted octanol–water partition coefficient (Wildman–Crippen LogP) is 10.1. The zero-order chi connectivity index (χ0) is 41.0. The Bertz CT molecular complexity index is 2420. The number of hydrogen-bond acceptors (Lipinski definition) is 5. The van der Waals surface area contributed by atoms with Crippen molar-refractivity contribution < 1.29 is 23.1 Å². The van der Waals surface area contributed by atoms with Crippen LogP contribution < -0.4 is 34.3 Å². The van der Waals surface area contributed by atoms with Crippen LogP contribution in [0.1, 0.15) is 68.6 Å². The second kappa shape index (κ2) is 14.3. The molecular weight excluding hydrogens is 761 g/mol. The van der Waals surface area contributed by atoms with Crippen LogP contribution in [0.4, 0.5) is 0 Å². The molecule has 59 heavy (non-hydrogen) atoms. The van der Waals surface area contributed by atoms with Crippen molar-refractivity contribution >= 4 is 43.4 Å². The second-order valence-electron chi connectivity index (χ2n) is 17.6. The highest BCUT2D eigenvalue weighted by atomic mass is 28.4. The summed E-state index contributed by atoms with van der Waals surface area (Å²) in [6.07, 6.45) is 0. The van der Waals surface area contributed by atoms with E-state index in [0.717, 1.165) is 16.7 Å². The van der Waals surface area contributed by atoms with Gasteiger partial charge in [0, 0.05) is 28.8 Å². The van der Waals surface area contributed by atoms with Crippen LogP contribution in [0.3, 0.4) is 0 Å². The maximum atomic E-state index is 13.8. The Morgan fingerprint density at radius 2 is 0.797 bits per heavy atom. The van der Waals surface area contributed by atoms with Crippen molar-refractivity contribution in [3.63, 3.8) is 0 Å². The Morgan fingerprint density at radius 3 is 1.17 bits per heavy atom. The molecule has 2 aliphatic rings. The molecular formula is C52H48O5Si2. The van der Waals surface area contributed by atoms with Crippen LogP contribution in [0.2, 0.25) is 10.1 Å². The second-order valence-corrected chi connectivity index (χ2v) is 26.0. The predicted molar refractivity (Wildman–Crippen MR) is 241 cm³/mol. The number of ether oxygens (including phenoxy) is 2. The molecule has 7 aromatic carbocycles. The van der Waals surface area contributed by atoms with Gasteiger partial charge in [-0.25, -0.2) is 4.79 Å². The molecule has 0 radical (unpaired) electrons. The first-order valence-corrected chi connectivity index (χ1v) is 24.1. The van der Waals surface area contributed by atoms with Crippen molar-refractivity contribution in [3.8, 4) is 23.0 Å². The Hall–Kier alpha value is -6.16. The minimum Gasteiger partial charge on any atom is -0.534 e. The minimum absolute atomic E-state index is 0.257. The van der Waals surface area contributed by atoms with E-state index in [-0.39, 0.29) is 16.0 Å². The molecule has 0 bridgehead atoms. The lowest BCUT2D eigenvalue weighted by Crippen LogP contribution is -2.68. The maximum Gasteiger partial charge on any atom is 0.340 e. The largest absolute Gasteiger partial charge is 0.534 e. The lowest BCUT2D eigenvalue weighted by atomic mass is 9.77. The molecule has 0 atom stereocenters. The van der Waals surface area contributed by atoms with Gasteiger partial charge in [-0.1, -0.05) is 181 Å². The van der Waals surface area contributed by atoms with Crippen molar-refractivity contribution in [2.75, 3.05) is 0 Å². The molecule has 5 nitrogen and oxygen atoms in total. The SMILES string of the molecule is CC(C)(C)[Si](Oc1ccc2c(c1)Oc1cc(O[Si](c3ccccc3)(c3ccccc3)C(C)(C)C)ccc1C21OC(=O)c2ccccc21)(c1ccccc1)c1ccccc1. The molecule has 1 spiro atoms. The van der Waals surface area contributed by atoms with Gasteiger partial charge in [0.1, 0.15) is 23.0 Å².